The molecule has 19 heavy (non-hydrogen) atoms. The van der Waals surface area contributed by atoms with Gasteiger partial charge in [-0.05, 0) is 55.3 Å². The molecule has 1 atom stereocenters. The monoisotopic (exact) mass is 266 g/mol. The molecule has 0 aliphatic heterocycles. The van der Waals surface area contributed by atoms with Crippen molar-refractivity contribution < 1.29 is 4.79 Å². The van der Waals surface area contributed by atoms with Crippen molar-refractivity contribution in [1.82, 2.24) is 5.32 Å². The SMILES string of the molecule is CC(C)(C)CC(CN)C(=O)NCC(C1CC1)C1CC1. The van der Waals surface area contributed by atoms with E-state index < -0.39 is 0 Å². The molecule has 3 N–H and O–H groups in total. The molecule has 0 spiro atoms. The van der Waals surface area contributed by atoms with Gasteiger partial charge in [0, 0.05) is 13.1 Å². The van der Waals surface area contributed by atoms with E-state index in [2.05, 4.69) is 26.1 Å². The average molecular weight is 266 g/mol. The molecule has 0 aromatic heterocycles. The van der Waals surface area contributed by atoms with Crippen LogP contribution in [0.3, 0.4) is 0 Å². The molecule has 0 heterocycles. The number of amides is 1. The van der Waals surface area contributed by atoms with Crippen LogP contribution in [0.5, 0.6) is 0 Å². The van der Waals surface area contributed by atoms with E-state index in [4.69, 9.17) is 5.73 Å². The summed E-state index contributed by atoms with van der Waals surface area (Å²) in [5, 5.41) is 3.18. The van der Waals surface area contributed by atoms with Gasteiger partial charge in [-0.25, -0.2) is 0 Å². The van der Waals surface area contributed by atoms with E-state index in [-0.39, 0.29) is 17.2 Å². The van der Waals surface area contributed by atoms with Crippen molar-refractivity contribution in [1.29, 1.82) is 0 Å². The molecule has 0 bridgehead atoms. The summed E-state index contributed by atoms with van der Waals surface area (Å²) in [5.41, 5.74) is 5.93. The summed E-state index contributed by atoms with van der Waals surface area (Å²) in [6.07, 6.45) is 6.37. The summed E-state index contributed by atoms with van der Waals surface area (Å²) in [7, 11) is 0. The smallest absolute Gasteiger partial charge is 0.224 e. The zero-order chi connectivity index (χ0) is 14.0. The largest absolute Gasteiger partial charge is 0.356 e. The van der Waals surface area contributed by atoms with Crippen LogP contribution in [0, 0.1) is 29.1 Å². The van der Waals surface area contributed by atoms with Gasteiger partial charge in [0.1, 0.15) is 0 Å². The summed E-state index contributed by atoms with van der Waals surface area (Å²) in [5.74, 6) is 2.68. The Kier molecular flexibility index (Phi) is 4.54. The molecule has 2 aliphatic rings. The van der Waals surface area contributed by atoms with Crippen LogP contribution in [0.4, 0.5) is 0 Å². The van der Waals surface area contributed by atoms with Gasteiger partial charge in [0.25, 0.3) is 0 Å². The lowest BCUT2D eigenvalue weighted by Gasteiger charge is -2.25. The Morgan fingerprint density at radius 3 is 2.11 bits per heavy atom. The minimum atomic E-state index is -0.0287. The summed E-state index contributed by atoms with van der Waals surface area (Å²) in [6.45, 7) is 7.84. The van der Waals surface area contributed by atoms with E-state index in [1.54, 1.807) is 0 Å². The minimum Gasteiger partial charge on any atom is -0.356 e. The third-order valence-electron chi connectivity index (χ3n) is 4.48. The number of hydrogen-bond donors (Lipinski definition) is 2. The standard InChI is InChI=1S/C16H30N2O/c1-16(2,3)8-13(9-17)15(19)18-10-14(11-4-5-11)12-6-7-12/h11-14H,4-10,17H2,1-3H3,(H,18,19). The second-order valence-corrected chi connectivity index (χ2v) is 7.78. The Bertz CT molecular complexity index is 301. The molecule has 2 aliphatic carbocycles. The topological polar surface area (TPSA) is 55.1 Å². The average Bonchev–Trinajstić information content (AvgIpc) is 3.15. The second-order valence-electron chi connectivity index (χ2n) is 7.78. The van der Waals surface area contributed by atoms with Crippen molar-refractivity contribution in [3.8, 4) is 0 Å². The van der Waals surface area contributed by atoms with Crippen molar-refractivity contribution in [3.63, 3.8) is 0 Å². The Labute approximate surface area is 117 Å². The molecular weight excluding hydrogens is 236 g/mol. The number of carbonyl (C=O) groups is 1. The molecule has 2 fully saturated rings. The molecule has 0 radical (unpaired) electrons. The van der Waals surface area contributed by atoms with Crippen LogP contribution in [-0.4, -0.2) is 19.0 Å². The van der Waals surface area contributed by atoms with Crippen molar-refractivity contribution >= 4 is 5.91 Å². The van der Waals surface area contributed by atoms with Crippen LogP contribution < -0.4 is 11.1 Å². The molecule has 1 unspecified atom stereocenters. The maximum Gasteiger partial charge on any atom is 0.224 e. The highest BCUT2D eigenvalue weighted by Gasteiger charge is 2.41. The van der Waals surface area contributed by atoms with Gasteiger partial charge in [-0.2, -0.15) is 0 Å². The summed E-state index contributed by atoms with van der Waals surface area (Å²) in [4.78, 5) is 12.3. The van der Waals surface area contributed by atoms with Gasteiger partial charge < -0.3 is 11.1 Å². The van der Waals surface area contributed by atoms with E-state index in [0.717, 1.165) is 30.7 Å². The number of carbonyl (C=O) groups excluding carboxylic acids is 1. The van der Waals surface area contributed by atoms with Gasteiger partial charge in [0.15, 0.2) is 0 Å². The molecule has 0 aromatic carbocycles. The quantitative estimate of drug-likeness (QED) is 0.744. The molecule has 1 amide bonds. The predicted molar refractivity (Wildman–Crippen MR) is 78.6 cm³/mol. The van der Waals surface area contributed by atoms with E-state index >= 15 is 0 Å². The van der Waals surface area contributed by atoms with Gasteiger partial charge in [-0.15, -0.1) is 0 Å². The van der Waals surface area contributed by atoms with Crippen LogP contribution >= 0.6 is 0 Å². The molecule has 0 aromatic rings. The number of nitrogens with two attached hydrogens (primary N) is 1. The maximum atomic E-state index is 12.3. The van der Waals surface area contributed by atoms with Crippen LogP contribution in [0.25, 0.3) is 0 Å². The summed E-state index contributed by atoms with van der Waals surface area (Å²) >= 11 is 0. The number of hydrogen-bond acceptors (Lipinski definition) is 2. The van der Waals surface area contributed by atoms with E-state index in [0.29, 0.717) is 6.54 Å². The first kappa shape index (κ1) is 14.8. The molecular formula is C16H30N2O. The highest BCUT2D eigenvalue weighted by atomic mass is 16.1. The summed E-state index contributed by atoms with van der Waals surface area (Å²) < 4.78 is 0. The lowest BCUT2D eigenvalue weighted by molar-refractivity contribution is -0.125. The Morgan fingerprint density at radius 1 is 1.21 bits per heavy atom. The van der Waals surface area contributed by atoms with Gasteiger partial charge in [0.05, 0.1) is 5.92 Å². The van der Waals surface area contributed by atoms with Gasteiger partial charge in [0.2, 0.25) is 5.91 Å². The summed E-state index contributed by atoms with van der Waals surface area (Å²) in [6, 6.07) is 0. The highest BCUT2D eigenvalue weighted by Crippen LogP contribution is 2.48. The van der Waals surface area contributed by atoms with Crippen LogP contribution in [-0.2, 0) is 4.79 Å². The number of nitrogens with one attached hydrogen (secondary N) is 1. The molecule has 0 saturated heterocycles. The lowest BCUT2D eigenvalue weighted by Crippen LogP contribution is -2.40. The Morgan fingerprint density at radius 2 is 1.74 bits per heavy atom. The van der Waals surface area contributed by atoms with E-state index in [1.807, 2.05) is 0 Å². The highest BCUT2D eigenvalue weighted by molar-refractivity contribution is 5.78. The minimum absolute atomic E-state index is 0.0287. The van der Waals surface area contributed by atoms with Crippen LogP contribution in [0.15, 0.2) is 0 Å². The number of rotatable bonds is 7. The fraction of sp³-hybridized carbons (Fsp3) is 0.938. The van der Waals surface area contributed by atoms with Crippen molar-refractivity contribution in [3.05, 3.63) is 0 Å². The van der Waals surface area contributed by atoms with Crippen LogP contribution in [0.2, 0.25) is 0 Å². The molecule has 110 valence electrons. The lowest BCUT2D eigenvalue weighted by atomic mass is 9.84. The molecule has 3 heteroatoms. The first-order valence-electron chi connectivity index (χ1n) is 7.88. The first-order chi connectivity index (χ1) is 8.90. The zero-order valence-electron chi connectivity index (χ0n) is 12.7. The Hall–Kier alpha value is -0.570. The third kappa shape index (κ3) is 4.79. The van der Waals surface area contributed by atoms with Gasteiger partial charge >= 0.3 is 0 Å². The van der Waals surface area contributed by atoms with Gasteiger partial charge in [-0.3, -0.25) is 4.79 Å². The zero-order valence-corrected chi connectivity index (χ0v) is 12.7. The first-order valence-corrected chi connectivity index (χ1v) is 7.88. The molecule has 2 saturated carbocycles. The molecule has 3 nitrogen and oxygen atoms in total. The molecule has 2 rings (SSSR count). The third-order valence-corrected chi connectivity index (χ3v) is 4.48. The van der Waals surface area contributed by atoms with E-state index in [9.17, 15) is 4.79 Å². The Balaban J connectivity index is 1.78. The van der Waals surface area contributed by atoms with Crippen LogP contribution in [0.1, 0.15) is 52.9 Å². The van der Waals surface area contributed by atoms with E-state index in [1.165, 1.54) is 25.7 Å². The fourth-order valence-electron chi connectivity index (χ4n) is 3.15. The van der Waals surface area contributed by atoms with Crippen molar-refractivity contribution in [2.24, 2.45) is 34.8 Å². The fourth-order valence-corrected chi connectivity index (χ4v) is 3.15. The second kappa shape index (κ2) is 5.82. The predicted octanol–water partition coefficient (Wildman–Crippen LogP) is 2.55. The normalized spacial score (nSPS) is 21.5. The van der Waals surface area contributed by atoms with Gasteiger partial charge in [-0.1, -0.05) is 20.8 Å². The maximum absolute atomic E-state index is 12.3. The van der Waals surface area contributed by atoms with Crippen molar-refractivity contribution in [2.75, 3.05) is 13.1 Å². The van der Waals surface area contributed by atoms with Crippen molar-refractivity contribution in [2.45, 2.75) is 52.9 Å².